The van der Waals surface area contributed by atoms with Crippen molar-refractivity contribution in [2.45, 2.75) is 25.7 Å². The highest BCUT2D eigenvalue weighted by molar-refractivity contribution is 7.10. The highest BCUT2D eigenvalue weighted by atomic mass is 32.1. The van der Waals surface area contributed by atoms with E-state index in [4.69, 9.17) is 0 Å². The van der Waals surface area contributed by atoms with Gasteiger partial charge in [0, 0.05) is 4.88 Å². The first-order valence-corrected chi connectivity index (χ1v) is 6.31. The monoisotopic (exact) mass is 216 g/mol. The van der Waals surface area contributed by atoms with Crippen molar-refractivity contribution in [1.82, 2.24) is 0 Å². The molecule has 1 heteroatoms. The maximum Gasteiger partial charge on any atom is 0.00735 e. The summed E-state index contributed by atoms with van der Waals surface area (Å²) in [4.78, 5) is 1.51. The van der Waals surface area contributed by atoms with Crippen LogP contribution in [0.1, 0.15) is 29.7 Å². The molecule has 0 aliphatic rings. The lowest BCUT2D eigenvalue weighted by Crippen LogP contribution is -1.93. The molecule has 0 fully saturated rings. The minimum atomic E-state index is 0.685. The molecule has 0 nitrogen and oxygen atoms in total. The van der Waals surface area contributed by atoms with E-state index in [2.05, 4.69) is 54.8 Å². The van der Waals surface area contributed by atoms with Gasteiger partial charge in [0.1, 0.15) is 0 Å². The van der Waals surface area contributed by atoms with E-state index < -0.39 is 0 Å². The van der Waals surface area contributed by atoms with Crippen LogP contribution in [0.2, 0.25) is 0 Å². The van der Waals surface area contributed by atoms with Crippen molar-refractivity contribution in [3.8, 4) is 0 Å². The lowest BCUT2D eigenvalue weighted by molar-refractivity contribution is 0.690. The topological polar surface area (TPSA) is 0 Å². The second-order valence-electron chi connectivity index (χ2n) is 3.94. The minimum Gasteiger partial charge on any atom is -0.149 e. The van der Waals surface area contributed by atoms with E-state index in [1.165, 1.54) is 23.3 Å². The van der Waals surface area contributed by atoms with Crippen molar-refractivity contribution in [2.24, 2.45) is 0 Å². The van der Waals surface area contributed by atoms with E-state index in [9.17, 15) is 0 Å². The van der Waals surface area contributed by atoms with Gasteiger partial charge < -0.3 is 0 Å². The van der Waals surface area contributed by atoms with Crippen LogP contribution >= 0.6 is 11.3 Å². The van der Waals surface area contributed by atoms with E-state index in [-0.39, 0.29) is 0 Å². The van der Waals surface area contributed by atoms with Crippen molar-refractivity contribution >= 4 is 11.3 Å². The van der Waals surface area contributed by atoms with Gasteiger partial charge in [0.2, 0.25) is 0 Å². The molecular formula is C14H16S. The van der Waals surface area contributed by atoms with Crippen molar-refractivity contribution in [3.63, 3.8) is 0 Å². The first kappa shape index (κ1) is 10.4. The van der Waals surface area contributed by atoms with Crippen LogP contribution in [0.15, 0.2) is 47.8 Å². The third kappa shape index (κ3) is 2.93. The molecule has 2 rings (SSSR count). The Labute approximate surface area is 95.6 Å². The van der Waals surface area contributed by atoms with Gasteiger partial charge in [0.15, 0.2) is 0 Å². The summed E-state index contributed by atoms with van der Waals surface area (Å²) in [6.45, 7) is 2.31. The van der Waals surface area contributed by atoms with Crippen LogP contribution in [-0.4, -0.2) is 0 Å². The van der Waals surface area contributed by atoms with Gasteiger partial charge in [-0.2, -0.15) is 0 Å². The average Bonchev–Trinajstić information content (AvgIpc) is 2.81. The predicted molar refractivity (Wildman–Crippen MR) is 67.5 cm³/mol. The highest BCUT2D eigenvalue weighted by Crippen LogP contribution is 2.24. The fourth-order valence-corrected chi connectivity index (χ4v) is 2.56. The molecule has 1 atom stereocenters. The molecule has 1 aromatic carbocycles. The maximum absolute atomic E-state index is 2.31. The number of aryl methyl sites for hydroxylation is 1. The van der Waals surface area contributed by atoms with Crippen molar-refractivity contribution < 1.29 is 0 Å². The zero-order valence-electron chi connectivity index (χ0n) is 9.02. The first-order chi connectivity index (χ1) is 7.36. The van der Waals surface area contributed by atoms with Crippen LogP contribution < -0.4 is 0 Å². The third-order valence-electron chi connectivity index (χ3n) is 2.74. The summed E-state index contributed by atoms with van der Waals surface area (Å²) < 4.78 is 0. The Morgan fingerprint density at radius 2 is 1.87 bits per heavy atom. The Morgan fingerprint density at radius 3 is 2.53 bits per heavy atom. The third-order valence-corrected chi connectivity index (χ3v) is 3.84. The lowest BCUT2D eigenvalue weighted by Gasteiger charge is -2.08. The number of hydrogen-bond acceptors (Lipinski definition) is 1. The summed E-state index contributed by atoms with van der Waals surface area (Å²) >= 11 is 1.87. The Bertz CT molecular complexity index is 375. The van der Waals surface area contributed by atoms with Gasteiger partial charge in [-0.25, -0.2) is 0 Å². The molecule has 0 N–H and O–H groups in total. The van der Waals surface area contributed by atoms with Crippen LogP contribution in [0.5, 0.6) is 0 Å². The number of rotatable bonds is 4. The molecule has 0 aliphatic carbocycles. The summed E-state index contributed by atoms with van der Waals surface area (Å²) in [5, 5.41) is 2.16. The molecule has 0 radical (unpaired) electrons. The Kier molecular flexibility index (Phi) is 3.57. The molecule has 0 saturated carbocycles. The smallest absolute Gasteiger partial charge is 0.00735 e. The zero-order valence-corrected chi connectivity index (χ0v) is 9.84. The standard InChI is InChI=1S/C14H16S/c1-12(14-8-5-11-15-14)9-10-13-6-3-2-4-7-13/h2-8,11-12H,9-10H2,1H3/t12-/m1/s1. The summed E-state index contributed by atoms with van der Waals surface area (Å²) in [6, 6.07) is 15.1. The molecule has 2 aromatic rings. The average molecular weight is 216 g/mol. The van der Waals surface area contributed by atoms with E-state index >= 15 is 0 Å². The van der Waals surface area contributed by atoms with Gasteiger partial charge in [-0.3, -0.25) is 0 Å². The van der Waals surface area contributed by atoms with Gasteiger partial charge in [0.05, 0.1) is 0 Å². The molecule has 0 unspecified atom stereocenters. The van der Waals surface area contributed by atoms with Crippen molar-refractivity contribution in [3.05, 3.63) is 58.3 Å². The van der Waals surface area contributed by atoms with Gasteiger partial charge >= 0.3 is 0 Å². The molecule has 78 valence electrons. The zero-order chi connectivity index (χ0) is 10.5. The van der Waals surface area contributed by atoms with E-state index in [0.717, 1.165) is 0 Å². The molecular weight excluding hydrogens is 200 g/mol. The number of benzene rings is 1. The van der Waals surface area contributed by atoms with Gasteiger partial charge in [-0.05, 0) is 35.8 Å². The van der Waals surface area contributed by atoms with Crippen LogP contribution in [0, 0.1) is 0 Å². The minimum absolute atomic E-state index is 0.685. The normalized spacial score (nSPS) is 12.6. The van der Waals surface area contributed by atoms with E-state index in [1.807, 2.05) is 11.3 Å². The van der Waals surface area contributed by atoms with Crippen LogP contribution in [0.4, 0.5) is 0 Å². The van der Waals surface area contributed by atoms with E-state index in [1.54, 1.807) is 0 Å². The molecule has 15 heavy (non-hydrogen) atoms. The molecule has 1 heterocycles. The first-order valence-electron chi connectivity index (χ1n) is 5.43. The fourth-order valence-electron chi connectivity index (χ4n) is 1.74. The molecule has 0 aliphatic heterocycles. The van der Waals surface area contributed by atoms with E-state index in [0.29, 0.717) is 5.92 Å². The Hall–Kier alpha value is -1.08. The second-order valence-corrected chi connectivity index (χ2v) is 4.92. The fraction of sp³-hybridized carbons (Fsp3) is 0.286. The van der Waals surface area contributed by atoms with Gasteiger partial charge in [0.25, 0.3) is 0 Å². The molecule has 0 amide bonds. The predicted octanol–water partition coefficient (Wildman–Crippen LogP) is 4.48. The maximum atomic E-state index is 2.31. The lowest BCUT2D eigenvalue weighted by atomic mass is 10.00. The summed E-state index contributed by atoms with van der Waals surface area (Å²) in [5.74, 6) is 0.685. The van der Waals surface area contributed by atoms with Crippen LogP contribution in [0.3, 0.4) is 0 Å². The molecule has 0 bridgehead atoms. The van der Waals surface area contributed by atoms with Crippen molar-refractivity contribution in [1.29, 1.82) is 0 Å². The molecule has 0 saturated heterocycles. The van der Waals surface area contributed by atoms with Crippen LogP contribution in [-0.2, 0) is 6.42 Å². The summed E-state index contributed by atoms with van der Waals surface area (Å²) in [5.41, 5.74) is 1.45. The quantitative estimate of drug-likeness (QED) is 0.706. The number of hydrogen-bond donors (Lipinski definition) is 0. The van der Waals surface area contributed by atoms with Crippen LogP contribution in [0.25, 0.3) is 0 Å². The molecule has 0 spiro atoms. The molecule has 1 aromatic heterocycles. The largest absolute Gasteiger partial charge is 0.149 e. The van der Waals surface area contributed by atoms with Gasteiger partial charge in [-0.15, -0.1) is 11.3 Å². The van der Waals surface area contributed by atoms with Gasteiger partial charge in [-0.1, -0.05) is 43.3 Å². The summed E-state index contributed by atoms with van der Waals surface area (Å²) in [6.07, 6.45) is 2.42. The number of thiophene rings is 1. The highest BCUT2D eigenvalue weighted by Gasteiger charge is 2.05. The SMILES string of the molecule is C[C@H](CCc1ccccc1)c1cccs1. The Morgan fingerprint density at radius 1 is 1.07 bits per heavy atom. The summed E-state index contributed by atoms with van der Waals surface area (Å²) in [7, 11) is 0. The Balaban J connectivity index is 1.89. The second kappa shape index (κ2) is 5.13. The van der Waals surface area contributed by atoms with Crippen molar-refractivity contribution in [2.75, 3.05) is 0 Å².